The summed E-state index contributed by atoms with van der Waals surface area (Å²) in [4.78, 5) is 35.5. The van der Waals surface area contributed by atoms with Crippen LogP contribution >= 0.6 is 7.82 Å². The summed E-state index contributed by atoms with van der Waals surface area (Å²) in [7, 11) is -5.11. The number of hydrogen-bond acceptors (Lipinski definition) is 12. The van der Waals surface area contributed by atoms with Gasteiger partial charge in [0.15, 0.2) is 6.10 Å². The van der Waals surface area contributed by atoms with Gasteiger partial charge in [-0.2, -0.15) is 0 Å². The molecular formula is C41H77O13P. The van der Waals surface area contributed by atoms with Gasteiger partial charge in [-0.3, -0.25) is 18.6 Å². The quantitative estimate of drug-likeness (QED) is 0.0159. The van der Waals surface area contributed by atoms with Crippen molar-refractivity contribution >= 4 is 19.8 Å². The average Bonchev–Trinajstić information content (AvgIpc) is 3.16. The molecule has 0 aliphatic heterocycles. The third-order valence-corrected chi connectivity index (χ3v) is 11.1. The summed E-state index contributed by atoms with van der Waals surface area (Å²) >= 11 is 0. The minimum absolute atomic E-state index is 0.0905. The van der Waals surface area contributed by atoms with Crippen LogP contribution in [-0.4, -0.2) is 98.3 Å². The lowest BCUT2D eigenvalue weighted by Gasteiger charge is -2.41. The van der Waals surface area contributed by atoms with Crippen LogP contribution in [0.15, 0.2) is 12.2 Å². The summed E-state index contributed by atoms with van der Waals surface area (Å²) in [5.41, 5.74) is 0. The summed E-state index contributed by atoms with van der Waals surface area (Å²) in [5.74, 6) is -1.10. The number of phosphoric ester groups is 1. The van der Waals surface area contributed by atoms with E-state index in [1.165, 1.54) is 83.5 Å². The molecule has 324 valence electrons. The fourth-order valence-corrected chi connectivity index (χ4v) is 7.55. The Morgan fingerprint density at radius 3 is 1.38 bits per heavy atom. The van der Waals surface area contributed by atoms with E-state index in [1.54, 1.807) is 0 Å². The molecule has 14 heteroatoms. The summed E-state index contributed by atoms with van der Waals surface area (Å²) in [6, 6.07) is 0. The van der Waals surface area contributed by atoms with Gasteiger partial charge in [-0.25, -0.2) is 4.57 Å². The van der Waals surface area contributed by atoms with Gasteiger partial charge in [-0.15, -0.1) is 0 Å². The maximum Gasteiger partial charge on any atom is 0.472 e. The highest BCUT2D eigenvalue weighted by atomic mass is 31.2. The maximum absolute atomic E-state index is 12.8. The van der Waals surface area contributed by atoms with Crippen LogP contribution in [0.1, 0.15) is 181 Å². The molecule has 0 radical (unpaired) electrons. The van der Waals surface area contributed by atoms with Crippen molar-refractivity contribution in [3.05, 3.63) is 12.2 Å². The van der Waals surface area contributed by atoms with Crippen LogP contribution in [0.3, 0.4) is 0 Å². The molecule has 0 aromatic heterocycles. The molecule has 13 nitrogen and oxygen atoms in total. The van der Waals surface area contributed by atoms with Crippen LogP contribution in [0.25, 0.3) is 0 Å². The number of hydrogen-bond donors (Lipinski definition) is 6. The second-order valence-corrected chi connectivity index (χ2v) is 16.6. The van der Waals surface area contributed by atoms with Gasteiger partial charge < -0.3 is 39.9 Å². The molecule has 1 saturated carbocycles. The first kappa shape index (κ1) is 51.6. The molecule has 6 atom stereocenters. The third-order valence-electron chi connectivity index (χ3n) is 10.1. The van der Waals surface area contributed by atoms with Gasteiger partial charge in [0.1, 0.15) is 43.2 Å². The zero-order valence-corrected chi connectivity index (χ0v) is 34.9. The molecule has 0 bridgehead atoms. The number of ether oxygens (including phenoxy) is 2. The molecule has 1 rings (SSSR count). The van der Waals surface area contributed by atoms with E-state index in [1.807, 2.05) is 0 Å². The van der Waals surface area contributed by atoms with Gasteiger partial charge in [-0.05, 0) is 38.5 Å². The monoisotopic (exact) mass is 809 g/mol. The molecule has 6 unspecified atom stereocenters. The molecular weight excluding hydrogens is 731 g/mol. The lowest BCUT2D eigenvalue weighted by Crippen LogP contribution is -2.64. The van der Waals surface area contributed by atoms with Crippen molar-refractivity contribution in [1.82, 2.24) is 0 Å². The smallest absolute Gasteiger partial charge is 0.462 e. The molecule has 1 aliphatic rings. The Hall–Kier alpha value is -1.41. The predicted molar refractivity (Wildman–Crippen MR) is 212 cm³/mol. The lowest BCUT2D eigenvalue weighted by molar-refractivity contribution is -0.220. The molecule has 1 aliphatic carbocycles. The number of phosphoric acid groups is 1. The van der Waals surface area contributed by atoms with Crippen molar-refractivity contribution in [3.8, 4) is 0 Å². The van der Waals surface area contributed by atoms with E-state index in [2.05, 4.69) is 26.0 Å². The number of esters is 2. The highest BCUT2D eigenvalue weighted by Crippen LogP contribution is 2.47. The number of aliphatic hydroxyl groups excluding tert-OH is 5. The van der Waals surface area contributed by atoms with Crippen LogP contribution in [0.2, 0.25) is 0 Å². The Morgan fingerprint density at radius 2 is 0.927 bits per heavy atom. The van der Waals surface area contributed by atoms with E-state index in [0.29, 0.717) is 12.8 Å². The topological polar surface area (TPSA) is 210 Å². The van der Waals surface area contributed by atoms with Crippen LogP contribution in [0.4, 0.5) is 0 Å². The van der Waals surface area contributed by atoms with Crippen molar-refractivity contribution in [3.63, 3.8) is 0 Å². The zero-order valence-electron chi connectivity index (χ0n) is 34.0. The maximum atomic E-state index is 12.8. The van der Waals surface area contributed by atoms with Crippen molar-refractivity contribution in [2.45, 2.75) is 224 Å². The Morgan fingerprint density at radius 1 is 0.545 bits per heavy atom. The Balaban J connectivity index is 2.50. The van der Waals surface area contributed by atoms with Crippen LogP contribution < -0.4 is 0 Å². The molecule has 0 aromatic carbocycles. The van der Waals surface area contributed by atoms with Crippen molar-refractivity contribution < 1.29 is 63.1 Å². The molecule has 55 heavy (non-hydrogen) atoms. The Labute approximate surface area is 331 Å². The average molecular weight is 809 g/mol. The van der Waals surface area contributed by atoms with Crippen LogP contribution in [-0.2, 0) is 32.7 Å². The number of rotatable bonds is 35. The van der Waals surface area contributed by atoms with Crippen molar-refractivity contribution in [2.75, 3.05) is 13.2 Å². The second-order valence-electron chi connectivity index (χ2n) is 15.2. The van der Waals surface area contributed by atoms with Gasteiger partial charge in [-0.1, -0.05) is 142 Å². The number of carbonyl (C=O) groups excluding carboxylic acids is 2. The summed E-state index contributed by atoms with van der Waals surface area (Å²) in [6.07, 6.45) is 18.5. The number of allylic oxidation sites excluding steroid dienone is 2. The van der Waals surface area contributed by atoms with Gasteiger partial charge in [0.25, 0.3) is 0 Å². The zero-order chi connectivity index (χ0) is 40.7. The molecule has 0 spiro atoms. The Kier molecular flexibility index (Phi) is 30.5. The predicted octanol–water partition coefficient (Wildman–Crippen LogP) is 7.50. The number of unbranched alkanes of at least 4 members (excludes halogenated alkanes) is 21. The number of carbonyl (C=O) groups is 2. The highest BCUT2D eigenvalue weighted by molar-refractivity contribution is 7.47. The molecule has 0 aromatic rings. The molecule has 6 N–H and O–H groups in total. The Bertz CT molecular complexity index is 1030. The number of aliphatic hydroxyl groups is 5. The first-order valence-electron chi connectivity index (χ1n) is 21.5. The van der Waals surface area contributed by atoms with E-state index < -0.39 is 75.7 Å². The van der Waals surface area contributed by atoms with Gasteiger partial charge in [0.2, 0.25) is 0 Å². The van der Waals surface area contributed by atoms with E-state index in [0.717, 1.165) is 57.8 Å². The molecule has 0 amide bonds. The fourth-order valence-electron chi connectivity index (χ4n) is 6.58. The standard InChI is InChI=1S/C41H77O13P/c1-3-5-7-9-11-13-15-16-17-18-20-22-24-26-28-30-35(43)53-33(31-51-34(42)29-27-25-23-21-19-14-12-10-8-6-4-2)32-52-55(49,50)54-41-39(47)37(45)36(44)38(46)40(41)48/h16-17,33,36-41,44-48H,3-15,18-32H2,1-2H3,(H,49,50)/b17-16-. The molecule has 0 heterocycles. The van der Waals surface area contributed by atoms with Gasteiger partial charge in [0, 0.05) is 12.8 Å². The van der Waals surface area contributed by atoms with E-state index >= 15 is 0 Å². The second kappa shape index (κ2) is 32.5. The van der Waals surface area contributed by atoms with Crippen LogP contribution in [0.5, 0.6) is 0 Å². The van der Waals surface area contributed by atoms with Gasteiger partial charge in [0.05, 0.1) is 6.61 Å². The van der Waals surface area contributed by atoms with E-state index in [9.17, 15) is 44.6 Å². The van der Waals surface area contributed by atoms with E-state index in [4.69, 9.17) is 18.5 Å². The fraction of sp³-hybridized carbons (Fsp3) is 0.902. The minimum atomic E-state index is -5.11. The van der Waals surface area contributed by atoms with Gasteiger partial charge >= 0.3 is 19.8 Å². The molecule has 0 saturated heterocycles. The van der Waals surface area contributed by atoms with Crippen molar-refractivity contribution in [1.29, 1.82) is 0 Å². The molecule has 1 fully saturated rings. The summed E-state index contributed by atoms with van der Waals surface area (Å²) < 4.78 is 33.4. The first-order chi connectivity index (χ1) is 26.4. The SMILES string of the molecule is CCCCCCCC/C=C\CCCCCCCC(=O)OC(COC(=O)CCCCCCCCCCCCC)COP(=O)(O)OC1C(O)C(O)C(O)C(O)C1O. The minimum Gasteiger partial charge on any atom is -0.462 e. The summed E-state index contributed by atoms with van der Waals surface area (Å²) in [5, 5.41) is 50.0. The first-order valence-corrected chi connectivity index (χ1v) is 23.0. The highest BCUT2D eigenvalue weighted by Gasteiger charge is 2.51. The normalized spacial score (nSPS) is 23.1. The van der Waals surface area contributed by atoms with Crippen molar-refractivity contribution in [2.24, 2.45) is 0 Å². The van der Waals surface area contributed by atoms with Crippen LogP contribution in [0, 0.1) is 0 Å². The lowest BCUT2D eigenvalue weighted by atomic mass is 9.85. The largest absolute Gasteiger partial charge is 0.472 e. The summed E-state index contributed by atoms with van der Waals surface area (Å²) in [6.45, 7) is 3.27. The third kappa shape index (κ3) is 25.5. The van der Waals surface area contributed by atoms with E-state index in [-0.39, 0.29) is 12.8 Å².